The van der Waals surface area contributed by atoms with E-state index in [0.717, 1.165) is 24.8 Å². The number of nitrogens with zero attached hydrogens (tertiary/aromatic N) is 1. The summed E-state index contributed by atoms with van der Waals surface area (Å²) in [5, 5.41) is 7.14. The molecule has 0 bridgehead atoms. The lowest BCUT2D eigenvalue weighted by Gasteiger charge is -2.24. The van der Waals surface area contributed by atoms with Crippen LogP contribution in [0.2, 0.25) is 0 Å². The van der Waals surface area contributed by atoms with Gasteiger partial charge in [-0.3, -0.25) is 4.99 Å². The quantitative estimate of drug-likeness (QED) is 0.358. The minimum atomic E-state index is -2.81. The highest BCUT2D eigenvalue weighted by molar-refractivity contribution is 14.0. The SMILES string of the molecule is I.O=S1(=O)CCC(CN=C(NCC2CCCCC2)NC2CCCC2)C1. The van der Waals surface area contributed by atoms with Gasteiger partial charge in [0.05, 0.1) is 11.5 Å². The largest absolute Gasteiger partial charge is 0.356 e. The Balaban J connectivity index is 0.00000225. The topological polar surface area (TPSA) is 70.6 Å². The molecule has 3 aliphatic rings. The Labute approximate surface area is 170 Å². The van der Waals surface area contributed by atoms with Crippen LogP contribution in [0.3, 0.4) is 0 Å². The van der Waals surface area contributed by atoms with E-state index < -0.39 is 9.84 Å². The zero-order valence-electron chi connectivity index (χ0n) is 15.2. The molecule has 146 valence electrons. The van der Waals surface area contributed by atoms with Crippen molar-refractivity contribution in [2.45, 2.75) is 70.3 Å². The fourth-order valence-corrected chi connectivity index (χ4v) is 6.13. The molecule has 0 spiro atoms. The molecule has 3 fully saturated rings. The molecule has 2 aliphatic carbocycles. The van der Waals surface area contributed by atoms with Crippen LogP contribution < -0.4 is 10.6 Å². The normalized spacial score (nSPS) is 27.8. The van der Waals surface area contributed by atoms with E-state index in [1.54, 1.807) is 0 Å². The van der Waals surface area contributed by atoms with Crippen LogP contribution in [0.25, 0.3) is 0 Å². The second-order valence-corrected chi connectivity index (χ2v) is 10.2. The highest BCUT2D eigenvalue weighted by Gasteiger charge is 2.27. The maximum Gasteiger partial charge on any atom is 0.191 e. The van der Waals surface area contributed by atoms with Crippen molar-refractivity contribution < 1.29 is 8.42 Å². The van der Waals surface area contributed by atoms with Gasteiger partial charge in [-0.25, -0.2) is 8.42 Å². The van der Waals surface area contributed by atoms with Gasteiger partial charge >= 0.3 is 0 Å². The molecular weight excluding hydrogens is 449 g/mol. The highest BCUT2D eigenvalue weighted by Crippen LogP contribution is 2.23. The summed E-state index contributed by atoms with van der Waals surface area (Å²) in [5.74, 6) is 2.54. The van der Waals surface area contributed by atoms with Crippen LogP contribution in [-0.2, 0) is 9.84 Å². The molecule has 0 aromatic heterocycles. The monoisotopic (exact) mass is 483 g/mol. The van der Waals surface area contributed by atoms with E-state index >= 15 is 0 Å². The summed E-state index contributed by atoms with van der Waals surface area (Å²) in [6.07, 6.45) is 12.6. The maximum absolute atomic E-state index is 11.6. The van der Waals surface area contributed by atoms with Crippen LogP contribution in [0, 0.1) is 11.8 Å². The summed E-state index contributed by atoms with van der Waals surface area (Å²) in [4.78, 5) is 4.75. The summed E-state index contributed by atoms with van der Waals surface area (Å²) < 4.78 is 23.2. The summed E-state index contributed by atoms with van der Waals surface area (Å²) in [6.45, 7) is 1.63. The first-order valence-electron chi connectivity index (χ1n) is 9.86. The zero-order chi connectivity index (χ0) is 16.8. The lowest BCUT2D eigenvalue weighted by atomic mass is 9.89. The number of aliphatic imine (C=N–C) groups is 1. The van der Waals surface area contributed by atoms with Gasteiger partial charge in [-0.1, -0.05) is 32.1 Å². The van der Waals surface area contributed by atoms with E-state index in [1.165, 1.54) is 57.8 Å². The molecule has 2 saturated carbocycles. The Morgan fingerprint density at radius 2 is 1.60 bits per heavy atom. The van der Waals surface area contributed by atoms with Gasteiger partial charge in [-0.2, -0.15) is 0 Å². The number of rotatable bonds is 5. The van der Waals surface area contributed by atoms with Crippen LogP contribution in [0.4, 0.5) is 0 Å². The Morgan fingerprint density at radius 3 is 2.24 bits per heavy atom. The Morgan fingerprint density at radius 1 is 0.920 bits per heavy atom. The molecule has 1 heterocycles. The van der Waals surface area contributed by atoms with Crippen molar-refractivity contribution in [3.05, 3.63) is 0 Å². The minimum absolute atomic E-state index is 0. The van der Waals surface area contributed by atoms with Crippen molar-refractivity contribution in [3.63, 3.8) is 0 Å². The van der Waals surface area contributed by atoms with Crippen LogP contribution in [-0.4, -0.2) is 45.0 Å². The van der Waals surface area contributed by atoms with Crippen molar-refractivity contribution in [2.24, 2.45) is 16.8 Å². The van der Waals surface area contributed by atoms with Gasteiger partial charge in [0.25, 0.3) is 0 Å². The van der Waals surface area contributed by atoms with Crippen molar-refractivity contribution in [1.29, 1.82) is 0 Å². The summed E-state index contributed by atoms with van der Waals surface area (Å²) in [6, 6.07) is 0.537. The van der Waals surface area contributed by atoms with Crippen molar-refractivity contribution in [3.8, 4) is 0 Å². The predicted octanol–water partition coefficient (Wildman–Crippen LogP) is 3.10. The molecule has 3 rings (SSSR count). The smallest absolute Gasteiger partial charge is 0.191 e. The average molecular weight is 483 g/mol. The fourth-order valence-electron chi connectivity index (χ4n) is 4.28. The van der Waals surface area contributed by atoms with Crippen LogP contribution in [0.1, 0.15) is 64.2 Å². The predicted molar refractivity (Wildman–Crippen MR) is 114 cm³/mol. The van der Waals surface area contributed by atoms with E-state index in [4.69, 9.17) is 4.99 Å². The summed E-state index contributed by atoms with van der Waals surface area (Å²) >= 11 is 0. The molecule has 0 aromatic rings. The maximum atomic E-state index is 11.6. The average Bonchev–Trinajstić information content (AvgIpc) is 3.20. The van der Waals surface area contributed by atoms with Crippen LogP contribution >= 0.6 is 24.0 Å². The first-order chi connectivity index (χ1) is 11.6. The van der Waals surface area contributed by atoms with E-state index in [1.807, 2.05) is 0 Å². The molecule has 1 aliphatic heterocycles. The Hall–Kier alpha value is -0.0500. The second-order valence-electron chi connectivity index (χ2n) is 7.97. The number of hydrogen-bond acceptors (Lipinski definition) is 3. The minimum Gasteiger partial charge on any atom is -0.356 e. The van der Waals surface area contributed by atoms with Gasteiger partial charge in [-0.05, 0) is 43.9 Å². The van der Waals surface area contributed by atoms with Gasteiger partial charge in [0, 0.05) is 19.1 Å². The van der Waals surface area contributed by atoms with Crippen LogP contribution in [0.5, 0.6) is 0 Å². The summed E-state index contributed by atoms with van der Waals surface area (Å²) in [7, 11) is -2.81. The summed E-state index contributed by atoms with van der Waals surface area (Å²) in [5.41, 5.74) is 0. The highest BCUT2D eigenvalue weighted by atomic mass is 127. The molecule has 0 aromatic carbocycles. The first-order valence-corrected chi connectivity index (χ1v) is 11.7. The van der Waals surface area contributed by atoms with E-state index in [-0.39, 0.29) is 29.9 Å². The fraction of sp³-hybridized carbons (Fsp3) is 0.944. The standard InChI is InChI=1S/C18H33N3O2S.HI/c22-24(23)11-10-16(14-24)13-20-18(21-17-8-4-5-9-17)19-12-15-6-2-1-3-7-15;/h15-17H,1-14H2,(H2,19,20,21);1H. The molecule has 7 heteroatoms. The van der Waals surface area contributed by atoms with Crippen molar-refractivity contribution >= 4 is 39.8 Å². The third kappa shape index (κ3) is 7.23. The number of nitrogens with one attached hydrogen (secondary N) is 2. The van der Waals surface area contributed by atoms with Gasteiger partial charge in [0.15, 0.2) is 15.8 Å². The molecule has 0 amide bonds. The number of halogens is 1. The molecule has 5 nitrogen and oxygen atoms in total. The van der Waals surface area contributed by atoms with Crippen molar-refractivity contribution in [1.82, 2.24) is 10.6 Å². The number of guanidine groups is 1. The molecule has 2 N–H and O–H groups in total. The third-order valence-corrected chi connectivity index (χ3v) is 7.65. The second kappa shape index (κ2) is 10.3. The molecule has 1 atom stereocenters. The first kappa shape index (κ1) is 21.3. The third-order valence-electron chi connectivity index (χ3n) is 5.81. The zero-order valence-corrected chi connectivity index (χ0v) is 18.4. The van der Waals surface area contributed by atoms with Crippen LogP contribution in [0.15, 0.2) is 4.99 Å². The van der Waals surface area contributed by atoms with E-state index in [9.17, 15) is 8.42 Å². The lowest BCUT2D eigenvalue weighted by molar-refractivity contribution is 0.355. The molecule has 0 radical (unpaired) electrons. The molecule has 25 heavy (non-hydrogen) atoms. The van der Waals surface area contributed by atoms with E-state index in [2.05, 4.69) is 10.6 Å². The number of sulfone groups is 1. The van der Waals surface area contributed by atoms with Gasteiger partial charge in [-0.15, -0.1) is 24.0 Å². The van der Waals surface area contributed by atoms with Gasteiger partial charge in [0.1, 0.15) is 0 Å². The van der Waals surface area contributed by atoms with E-state index in [0.29, 0.717) is 24.1 Å². The lowest BCUT2D eigenvalue weighted by Crippen LogP contribution is -2.44. The van der Waals surface area contributed by atoms with Gasteiger partial charge in [0.2, 0.25) is 0 Å². The molecule has 1 unspecified atom stereocenters. The molecule has 1 saturated heterocycles. The van der Waals surface area contributed by atoms with Crippen molar-refractivity contribution in [2.75, 3.05) is 24.6 Å². The Bertz CT molecular complexity index is 526. The number of hydrogen-bond donors (Lipinski definition) is 2. The Kier molecular flexibility index (Phi) is 8.78. The van der Waals surface area contributed by atoms with Gasteiger partial charge < -0.3 is 10.6 Å². The molecular formula is C18H34IN3O2S.